The van der Waals surface area contributed by atoms with E-state index in [2.05, 4.69) is 121 Å². The molecule has 0 heterocycles. The second kappa shape index (κ2) is 9.14. The molecule has 8 rings (SSSR count). The Morgan fingerprint density at radius 2 is 1.32 bits per heavy atom. The van der Waals surface area contributed by atoms with Gasteiger partial charge in [0.25, 0.3) is 0 Å². The van der Waals surface area contributed by atoms with Gasteiger partial charge in [0.15, 0.2) is 0 Å². The van der Waals surface area contributed by atoms with Crippen LogP contribution in [0.5, 0.6) is 0 Å². The Morgan fingerprint density at radius 1 is 0.634 bits per heavy atom. The number of hydrogen-bond donors (Lipinski definition) is 2. The highest BCUT2D eigenvalue weighted by Gasteiger charge is 2.53. The molecule has 1 spiro atoms. The van der Waals surface area contributed by atoms with E-state index in [-0.39, 0.29) is 17.3 Å². The smallest absolute Gasteiger partial charge is 0.118 e. The predicted molar refractivity (Wildman–Crippen MR) is 165 cm³/mol. The van der Waals surface area contributed by atoms with Gasteiger partial charge in [-0.15, -0.1) is 0 Å². The summed E-state index contributed by atoms with van der Waals surface area (Å²) in [5, 5.41) is 24.5. The lowest BCUT2D eigenvalue weighted by molar-refractivity contribution is 0.0372. The van der Waals surface area contributed by atoms with Crippen molar-refractivity contribution in [2.24, 2.45) is 5.92 Å². The van der Waals surface area contributed by atoms with Crippen LogP contribution >= 0.6 is 0 Å². The van der Waals surface area contributed by atoms with E-state index < -0.39 is 11.2 Å². The van der Waals surface area contributed by atoms with Gasteiger partial charge in [-0.1, -0.05) is 121 Å². The zero-order valence-electron chi connectivity index (χ0n) is 23.3. The second-order valence-electron chi connectivity index (χ2n) is 12.7. The number of fused-ring (bicyclic) bond motifs is 5. The van der Waals surface area contributed by atoms with Crippen molar-refractivity contribution in [3.63, 3.8) is 0 Å². The molecular weight excluding hydrogens is 500 g/mol. The minimum Gasteiger partial charge on any atom is -0.381 e. The first kappa shape index (κ1) is 25.0. The minimum absolute atomic E-state index is 0.0401. The molecule has 6 aliphatic rings. The molecule has 0 aliphatic heterocycles. The first-order chi connectivity index (χ1) is 20.0. The van der Waals surface area contributed by atoms with Gasteiger partial charge in [-0.3, -0.25) is 0 Å². The minimum atomic E-state index is -0.962. The van der Waals surface area contributed by atoms with Crippen molar-refractivity contribution < 1.29 is 10.2 Å². The highest BCUT2D eigenvalue weighted by atomic mass is 16.3. The Kier molecular flexibility index (Phi) is 5.58. The molecule has 2 aromatic carbocycles. The maximum absolute atomic E-state index is 12.3. The summed E-state index contributed by atoms with van der Waals surface area (Å²) in [5.41, 5.74) is 7.58. The van der Waals surface area contributed by atoms with Gasteiger partial charge in [0, 0.05) is 17.3 Å². The summed E-state index contributed by atoms with van der Waals surface area (Å²) in [5.74, 6) is 0.265. The summed E-state index contributed by atoms with van der Waals surface area (Å²) in [6, 6.07) is 16.9. The van der Waals surface area contributed by atoms with Crippen LogP contribution in [0.4, 0.5) is 0 Å². The number of benzene rings is 2. The Balaban J connectivity index is 1.10. The van der Waals surface area contributed by atoms with Gasteiger partial charge in [-0.25, -0.2) is 0 Å². The maximum Gasteiger partial charge on any atom is 0.118 e. The van der Waals surface area contributed by atoms with E-state index in [1.165, 1.54) is 22.3 Å². The molecule has 5 unspecified atom stereocenters. The highest BCUT2D eigenvalue weighted by molar-refractivity contribution is 5.57. The average Bonchev–Trinajstić information content (AvgIpc) is 3.45. The Bertz CT molecular complexity index is 1690. The van der Waals surface area contributed by atoms with Crippen molar-refractivity contribution in [1.82, 2.24) is 0 Å². The molecule has 2 nitrogen and oxygen atoms in total. The van der Waals surface area contributed by atoms with E-state index in [0.29, 0.717) is 6.42 Å². The SMILES string of the molecule is OC1(C2=CC=C(C3=CC=C(C4(O)c5ccccc5C5C=CC=CC54)CC3)CC2)CC2(C=CC=CC2)c2ccccc21. The lowest BCUT2D eigenvalue weighted by Gasteiger charge is -2.36. The third kappa shape index (κ3) is 3.57. The molecule has 5 atom stereocenters. The number of rotatable bonds is 3. The first-order valence-corrected chi connectivity index (χ1v) is 15.2. The topological polar surface area (TPSA) is 40.5 Å². The predicted octanol–water partition coefficient (Wildman–Crippen LogP) is 8.05. The maximum atomic E-state index is 12.3. The molecule has 6 aliphatic carbocycles. The fourth-order valence-electron chi connectivity index (χ4n) is 8.68. The zero-order valence-corrected chi connectivity index (χ0v) is 23.3. The van der Waals surface area contributed by atoms with E-state index in [1.807, 2.05) is 0 Å². The molecule has 0 amide bonds. The van der Waals surface area contributed by atoms with Gasteiger partial charge in [0.1, 0.15) is 11.2 Å². The molecule has 0 bridgehead atoms. The first-order valence-electron chi connectivity index (χ1n) is 15.2. The van der Waals surface area contributed by atoms with Crippen LogP contribution in [0.3, 0.4) is 0 Å². The van der Waals surface area contributed by atoms with Gasteiger partial charge in [0.2, 0.25) is 0 Å². The number of aliphatic hydroxyl groups is 2. The van der Waals surface area contributed by atoms with Gasteiger partial charge in [-0.05, 0) is 83.1 Å². The van der Waals surface area contributed by atoms with E-state index in [4.69, 9.17) is 0 Å². The molecule has 0 fully saturated rings. The van der Waals surface area contributed by atoms with Crippen molar-refractivity contribution in [2.45, 2.75) is 61.1 Å². The van der Waals surface area contributed by atoms with Crippen molar-refractivity contribution >= 4 is 0 Å². The van der Waals surface area contributed by atoms with Gasteiger partial charge in [0.05, 0.1) is 0 Å². The summed E-state index contributed by atoms with van der Waals surface area (Å²) < 4.78 is 0. The lowest BCUT2D eigenvalue weighted by atomic mass is 9.72. The number of allylic oxidation sites excluding steroid dienone is 13. The average molecular weight is 537 g/mol. The van der Waals surface area contributed by atoms with Gasteiger partial charge >= 0.3 is 0 Å². The molecule has 0 saturated carbocycles. The van der Waals surface area contributed by atoms with Crippen LogP contribution in [-0.2, 0) is 16.6 Å². The zero-order chi connectivity index (χ0) is 27.7. The number of hydrogen-bond acceptors (Lipinski definition) is 2. The molecule has 0 radical (unpaired) electrons. The van der Waals surface area contributed by atoms with Crippen LogP contribution in [0.2, 0.25) is 0 Å². The van der Waals surface area contributed by atoms with E-state index >= 15 is 0 Å². The molecule has 0 aromatic heterocycles. The summed E-state index contributed by atoms with van der Waals surface area (Å²) in [6.07, 6.45) is 31.5. The van der Waals surface area contributed by atoms with E-state index in [0.717, 1.165) is 54.4 Å². The van der Waals surface area contributed by atoms with Gasteiger partial charge in [-0.2, -0.15) is 0 Å². The van der Waals surface area contributed by atoms with Crippen LogP contribution < -0.4 is 0 Å². The fraction of sp³-hybridized carbons (Fsp3) is 0.282. The Hall–Kier alpha value is -3.72. The molecule has 2 aromatic rings. The summed E-state index contributed by atoms with van der Waals surface area (Å²) in [7, 11) is 0. The van der Waals surface area contributed by atoms with Crippen molar-refractivity contribution in [3.8, 4) is 0 Å². The standard InChI is InChI=1S/C39H36O2/c40-38(26-37(24-8-1-9-25-37)35-14-6-7-15-36(35)38)29-20-16-27(17-21-29)28-18-22-30(23-19-28)39(41)33-12-4-2-10-31(33)32-11-3-5-13-34(32)39/h1-16,18,20,22,24,31,33,40-41H,17,19,21,23,25-26H2. The second-order valence-corrected chi connectivity index (χ2v) is 12.7. The summed E-state index contributed by atoms with van der Waals surface area (Å²) >= 11 is 0. The quantitative estimate of drug-likeness (QED) is 0.417. The van der Waals surface area contributed by atoms with Crippen LogP contribution in [0.15, 0.2) is 144 Å². The fourth-order valence-corrected chi connectivity index (χ4v) is 8.68. The highest BCUT2D eigenvalue weighted by Crippen LogP contribution is 2.58. The largest absolute Gasteiger partial charge is 0.381 e. The van der Waals surface area contributed by atoms with Gasteiger partial charge < -0.3 is 10.2 Å². The third-order valence-electron chi connectivity index (χ3n) is 10.7. The molecular formula is C39H36O2. The Morgan fingerprint density at radius 3 is 2.02 bits per heavy atom. The summed E-state index contributed by atoms with van der Waals surface area (Å²) in [6.45, 7) is 0. The van der Waals surface area contributed by atoms with Crippen LogP contribution in [0.1, 0.15) is 66.7 Å². The lowest BCUT2D eigenvalue weighted by Crippen LogP contribution is -2.34. The molecule has 2 N–H and O–H groups in total. The molecule has 41 heavy (non-hydrogen) atoms. The van der Waals surface area contributed by atoms with Crippen LogP contribution in [0.25, 0.3) is 0 Å². The molecule has 0 saturated heterocycles. The normalized spacial score (nSPS) is 34.5. The van der Waals surface area contributed by atoms with E-state index in [9.17, 15) is 10.2 Å². The summed E-state index contributed by atoms with van der Waals surface area (Å²) in [4.78, 5) is 0. The van der Waals surface area contributed by atoms with Crippen molar-refractivity contribution in [2.75, 3.05) is 0 Å². The van der Waals surface area contributed by atoms with Crippen molar-refractivity contribution in [1.29, 1.82) is 0 Å². The van der Waals surface area contributed by atoms with Crippen LogP contribution in [0, 0.1) is 5.92 Å². The van der Waals surface area contributed by atoms with Crippen LogP contribution in [-0.4, -0.2) is 10.2 Å². The van der Waals surface area contributed by atoms with Crippen molar-refractivity contribution in [3.05, 3.63) is 166 Å². The third-order valence-corrected chi connectivity index (χ3v) is 10.7. The Labute approximate surface area is 242 Å². The molecule has 204 valence electrons. The monoisotopic (exact) mass is 536 g/mol. The molecule has 2 heteroatoms. The van der Waals surface area contributed by atoms with E-state index in [1.54, 1.807) is 0 Å².